The number of piperidine rings is 1. The number of aryl methyl sites for hydroxylation is 1. The van der Waals surface area contributed by atoms with Gasteiger partial charge in [-0.2, -0.15) is 0 Å². The van der Waals surface area contributed by atoms with Crippen molar-refractivity contribution in [3.63, 3.8) is 0 Å². The zero-order valence-corrected chi connectivity index (χ0v) is 27.5. The second-order valence-corrected chi connectivity index (χ2v) is 11.4. The Morgan fingerprint density at radius 2 is 1.84 bits per heavy atom. The molecule has 2 aliphatic rings. The van der Waals surface area contributed by atoms with Crippen LogP contribution >= 0.6 is 0 Å². The van der Waals surface area contributed by atoms with Crippen molar-refractivity contribution in [3.8, 4) is 11.5 Å². The van der Waals surface area contributed by atoms with Crippen molar-refractivity contribution in [2.24, 2.45) is 0 Å². The molecular formula is C33H51FN6O3. The molecule has 43 heavy (non-hydrogen) atoms. The first-order valence-electron chi connectivity index (χ1n) is 15.9. The number of rotatable bonds is 10. The molecule has 2 saturated heterocycles. The first kappa shape index (κ1) is 34.4. The molecule has 1 atom stereocenters. The molecule has 0 aromatic carbocycles. The van der Waals surface area contributed by atoms with Gasteiger partial charge in [0.05, 0.1) is 5.56 Å². The number of ether oxygens (including phenoxy) is 1. The molecule has 2 aliphatic heterocycles. The number of allylic oxidation sites excluding steroid dienone is 3. The molecule has 0 amide bonds. The highest BCUT2D eigenvalue weighted by atomic mass is 19.1. The van der Waals surface area contributed by atoms with E-state index in [2.05, 4.69) is 38.7 Å². The number of hydrogen-bond acceptors (Lipinski definition) is 9. The summed E-state index contributed by atoms with van der Waals surface area (Å²) in [6.07, 6.45) is 7.50. The normalized spacial score (nSPS) is 18.9. The van der Waals surface area contributed by atoms with Gasteiger partial charge in [0.25, 0.3) is 5.89 Å². The molecular weight excluding hydrogens is 547 g/mol. The van der Waals surface area contributed by atoms with E-state index in [0.29, 0.717) is 18.0 Å². The zero-order chi connectivity index (χ0) is 31.5. The number of pyridine rings is 1. The van der Waals surface area contributed by atoms with Crippen LogP contribution in [0.1, 0.15) is 85.6 Å². The van der Waals surface area contributed by atoms with E-state index in [4.69, 9.17) is 14.1 Å². The van der Waals surface area contributed by atoms with Gasteiger partial charge >= 0.3 is 5.97 Å². The molecule has 10 heteroatoms. The van der Waals surface area contributed by atoms with Crippen LogP contribution in [0.2, 0.25) is 0 Å². The molecule has 2 aromatic heterocycles. The van der Waals surface area contributed by atoms with Gasteiger partial charge in [-0.25, -0.2) is 9.37 Å². The molecule has 0 bridgehead atoms. The number of aromatic nitrogens is 3. The van der Waals surface area contributed by atoms with Crippen molar-refractivity contribution >= 4 is 11.8 Å². The Hall–Kier alpha value is -3.11. The first-order chi connectivity index (χ1) is 20.7. The molecule has 0 saturated carbocycles. The van der Waals surface area contributed by atoms with E-state index < -0.39 is 5.97 Å². The molecule has 0 N–H and O–H groups in total. The van der Waals surface area contributed by atoms with Gasteiger partial charge in [0.2, 0.25) is 5.89 Å². The largest absolute Gasteiger partial charge is 0.456 e. The Bertz CT molecular complexity index is 1250. The fourth-order valence-electron chi connectivity index (χ4n) is 5.90. The maximum Gasteiger partial charge on any atom is 0.303 e. The Morgan fingerprint density at radius 1 is 1.12 bits per heavy atom. The monoisotopic (exact) mass is 598 g/mol. The number of halogens is 1. The minimum absolute atomic E-state index is 0.0415. The predicted octanol–water partition coefficient (Wildman–Crippen LogP) is 6.49. The third kappa shape index (κ3) is 9.44. The van der Waals surface area contributed by atoms with Gasteiger partial charge in [-0.05, 0) is 82.8 Å². The lowest BCUT2D eigenvalue weighted by Crippen LogP contribution is -2.58. The number of anilines is 1. The van der Waals surface area contributed by atoms with Crippen LogP contribution < -0.4 is 4.90 Å². The molecule has 2 aromatic rings. The van der Waals surface area contributed by atoms with Crippen molar-refractivity contribution in [2.45, 2.75) is 99.8 Å². The fourth-order valence-corrected chi connectivity index (χ4v) is 5.90. The molecule has 1 unspecified atom stereocenters. The summed E-state index contributed by atoms with van der Waals surface area (Å²) in [5.41, 5.74) is 3.70. The molecule has 4 rings (SSSR count). The van der Waals surface area contributed by atoms with E-state index >= 15 is 0 Å². The minimum Gasteiger partial charge on any atom is -0.456 e. The maximum absolute atomic E-state index is 14.6. The highest BCUT2D eigenvalue weighted by molar-refractivity contribution is 5.65. The second-order valence-electron chi connectivity index (χ2n) is 11.4. The van der Waals surface area contributed by atoms with E-state index in [0.717, 1.165) is 93.0 Å². The number of hydrogen-bond donors (Lipinski definition) is 0. The lowest BCUT2D eigenvalue weighted by Gasteiger charge is -2.48. The maximum atomic E-state index is 14.6. The van der Waals surface area contributed by atoms with Crippen LogP contribution in [0, 0.1) is 6.92 Å². The summed E-state index contributed by atoms with van der Waals surface area (Å²) in [6.45, 7) is 21.2. The average Bonchev–Trinajstić information content (AvgIpc) is 3.48. The van der Waals surface area contributed by atoms with Crippen molar-refractivity contribution < 1.29 is 18.3 Å². The van der Waals surface area contributed by atoms with Gasteiger partial charge < -0.3 is 14.1 Å². The second kappa shape index (κ2) is 16.7. The Kier molecular flexibility index (Phi) is 13.3. The summed E-state index contributed by atoms with van der Waals surface area (Å²) < 4.78 is 25.2. The van der Waals surface area contributed by atoms with Gasteiger partial charge in [0, 0.05) is 51.4 Å². The van der Waals surface area contributed by atoms with E-state index in [9.17, 15) is 9.18 Å². The lowest BCUT2D eigenvalue weighted by molar-refractivity contribution is -0.142. The summed E-state index contributed by atoms with van der Waals surface area (Å²) in [4.78, 5) is 23.4. The highest BCUT2D eigenvalue weighted by Crippen LogP contribution is 2.29. The van der Waals surface area contributed by atoms with Gasteiger partial charge in [-0.3, -0.25) is 14.6 Å². The van der Waals surface area contributed by atoms with E-state index in [1.807, 2.05) is 40.7 Å². The molecule has 0 aliphatic carbocycles. The Labute approximate surface area is 257 Å². The Morgan fingerprint density at radius 3 is 2.44 bits per heavy atom. The summed E-state index contributed by atoms with van der Waals surface area (Å²) in [7, 11) is 0. The lowest BCUT2D eigenvalue weighted by atomic mass is 9.97. The zero-order valence-electron chi connectivity index (χ0n) is 27.5. The van der Waals surface area contributed by atoms with Crippen LogP contribution in [0.4, 0.5) is 10.2 Å². The molecule has 9 nitrogen and oxygen atoms in total. The highest BCUT2D eigenvalue weighted by Gasteiger charge is 2.34. The van der Waals surface area contributed by atoms with Gasteiger partial charge in [-0.1, -0.05) is 33.3 Å². The first-order valence-corrected chi connectivity index (χ1v) is 15.9. The molecule has 0 radical (unpaired) electrons. The molecule has 2 fully saturated rings. The van der Waals surface area contributed by atoms with E-state index in [1.54, 1.807) is 12.3 Å². The van der Waals surface area contributed by atoms with E-state index in [-0.39, 0.29) is 18.3 Å². The number of likely N-dealkylation sites (tertiary alicyclic amines) is 1. The molecule has 0 spiro atoms. The topological polar surface area (TPSA) is 87.8 Å². The summed E-state index contributed by atoms with van der Waals surface area (Å²) >= 11 is 0. The average molecular weight is 599 g/mol. The Balaban J connectivity index is 0.00000248. The number of piperazine rings is 1. The minimum atomic E-state index is -0.395. The fraction of sp³-hybridized carbons (Fsp3) is 0.636. The summed E-state index contributed by atoms with van der Waals surface area (Å²) in [5, 5.41) is 8.04. The quantitative estimate of drug-likeness (QED) is 0.225. The van der Waals surface area contributed by atoms with Crippen molar-refractivity contribution in [2.75, 3.05) is 44.2 Å². The van der Waals surface area contributed by atoms with Crippen LogP contribution in [-0.2, 0) is 16.1 Å². The van der Waals surface area contributed by atoms with Crippen LogP contribution in [0.3, 0.4) is 0 Å². The van der Waals surface area contributed by atoms with Crippen LogP contribution in [0.25, 0.3) is 11.5 Å². The standard InChI is InChI=1S/C31H45FN6O3.C2H6/c1-7-24(28(32)15-21(3)4)18-36-11-9-27(10-12-36)38-14-13-37(19-26(38)8-2)30-22(5)16-25(17-33-30)31-35-34-29(41-31)20-40-23(6)39;1-2/h15-17,26-27H,7-14,18-20H2,1-6H3;1-2H3/b28-24-;. The number of carbonyl (C=O) groups excluding carboxylic acids is 1. The van der Waals surface area contributed by atoms with Gasteiger partial charge in [0.1, 0.15) is 11.6 Å². The van der Waals surface area contributed by atoms with E-state index in [1.165, 1.54) is 6.92 Å². The van der Waals surface area contributed by atoms with Crippen LogP contribution in [0.15, 0.2) is 39.7 Å². The van der Waals surface area contributed by atoms with Crippen LogP contribution in [0.5, 0.6) is 0 Å². The third-order valence-corrected chi connectivity index (χ3v) is 8.08. The van der Waals surface area contributed by atoms with Crippen LogP contribution in [-0.4, -0.2) is 82.3 Å². The predicted molar refractivity (Wildman–Crippen MR) is 169 cm³/mol. The summed E-state index contributed by atoms with van der Waals surface area (Å²) in [6, 6.07) is 3.04. The SMILES string of the molecule is CC.CC/C(CN1CCC(N2CCN(c3ncc(-c4nnc(COC(C)=O)o4)cc3C)CC2CC)CC1)=C(/F)C=C(C)C. The third-order valence-electron chi connectivity index (χ3n) is 8.08. The van der Waals surface area contributed by atoms with Crippen molar-refractivity contribution in [3.05, 3.63) is 46.8 Å². The smallest absolute Gasteiger partial charge is 0.303 e. The molecule has 4 heterocycles. The van der Waals surface area contributed by atoms with Gasteiger partial charge in [0.15, 0.2) is 6.61 Å². The van der Waals surface area contributed by atoms with Crippen molar-refractivity contribution in [1.82, 2.24) is 25.0 Å². The number of carbonyl (C=O) groups is 1. The van der Waals surface area contributed by atoms with Gasteiger partial charge in [-0.15, -0.1) is 10.2 Å². The molecule has 238 valence electrons. The number of nitrogens with zero attached hydrogens (tertiary/aromatic N) is 6. The summed E-state index contributed by atoms with van der Waals surface area (Å²) in [5.74, 6) is 1.14. The number of esters is 1. The van der Waals surface area contributed by atoms with Crippen molar-refractivity contribution in [1.29, 1.82) is 0 Å².